The van der Waals surface area contributed by atoms with Gasteiger partial charge in [0.15, 0.2) is 0 Å². The Morgan fingerprint density at radius 1 is 0.824 bits per heavy atom. The van der Waals surface area contributed by atoms with Gasteiger partial charge < -0.3 is 0 Å². The quantitative estimate of drug-likeness (QED) is 0.667. The third-order valence-corrected chi connectivity index (χ3v) is 2.71. The van der Waals surface area contributed by atoms with Crippen molar-refractivity contribution in [2.24, 2.45) is 0 Å². The number of carbonyl (C=O) groups excluding carboxylic acids is 4. The van der Waals surface area contributed by atoms with E-state index >= 15 is 0 Å². The first-order chi connectivity index (χ1) is 8.06. The molecule has 0 aliphatic carbocycles. The molecule has 2 N–H and O–H groups in total. The molecule has 0 fully saturated rings. The van der Waals surface area contributed by atoms with Crippen LogP contribution in [0.25, 0.3) is 0 Å². The van der Waals surface area contributed by atoms with Crippen molar-refractivity contribution in [1.82, 2.24) is 10.6 Å². The first kappa shape index (κ1) is 13.2. The first-order valence-corrected chi connectivity index (χ1v) is 5.70. The van der Waals surface area contributed by atoms with E-state index in [0.717, 1.165) is 23.9 Å². The van der Waals surface area contributed by atoms with Crippen molar-refractivity contribution >= 4 is 35.4 Å². The van der Waals surface area contributed by atoms with Crippen molar-refractivity contribution in [3.63, 3.8) is 0 Å². The SMILES string of the molecule is CC.O=C1C=C(SC2=CC(=O)NC2=O)C(=O)N1. The smallest absolute Gasteiger partial charge is 0.265 e. The normalized spacial score (nSPS) is 18.0. The van der Waals surface area contributed by atoms with Crippen molar-refractivity contribution in [2.75, 3.05) is 0 Å². The lowest BCUT2D eigenvalue weighted by atomic mass is 10.5. The van der Waals surface area contributed by atoms with Gasteiger partial charge >= 0.3 is 0 Å². The highest BCUT2D eigenvalue weighted by molar-refractivity contribution is 8.08. The Balaban J connectivity index is 0.000000686. The van der Waals surface area contributed by atoms with E-state index in [1.807, 2.05) is 24.5 Å². The molecule has 17 heavy (non-hydrogen) atoms. The highest BCUT2D eigenvalue weighted by Crippen LogP contribution is 2.29. The molecule has 0 atom stereocenters. The number of nitrogens with one attached hydrogen (secondary N) is 2. The number of amides is 4. The fourth-order valence-corrected chi connectivity index (χ4v) is 1.91. The standard InChI is InChI=1S/C8H4N2O4S.C2H6/c11-5-1-3(7(13)9-5)15-4-2-6(12)10-8(4)14;1-2/h1-2H,(H,9,11,13)(H,10,12,14);1-2H3. The van der Waals surface area contributed by atoms with E-state index in [1.54, 1.807) is 0 Å². The first-order valence-electron chi connectivity index (χ1n) is 4.88. The molecule has 0 bridgehead atoms. The molecule has 0 radical (unpaired) electrons. The Labute approximate surface area is 102 Å². The minimum Gasteiger partial charge on any atom is -0.288 e. The van der Waals surface area contributed by atoms with Gasteiger partial charge in [0, 0.05) is 12.2 Å². The van der Waals surface area contributed by atoms with Crippen LogP contribution in [-0.2, 0) is 19.2 Å². The van der Waals surface area contributed by atoms with Crippen LogP contribution in [0.4, 0.5) is 0 Å². The predicted octanol–water partition coefficient (Wildman–Crippen LogP) is -0.174. The van der Waals surface area contributed by atoms with Crippen LogP contribution in [0.15, 0.2) is 22.0 Å². The number of carbonyl (C=O) groups is 4. The average Bonchev–Trinajstić information content (AvgIpc) is 2.74. The highest BCUT2D eigenvalue weighted by Gasteiger charge is 2.28. The minimum absolute atomic E-state index is 0.108. The van der Waals surface area contributed by atoms with Crippen LogP contribution in [0.2, 0.25) is 0 Å². The zero-order valence-electron chi connectivity index (χ0n) is 9.20. The molecule has 0 aromatic rings. The van der Waals surface area contributed by atoms with E-state index in [9.17, 15) is 19.2 Å². The summed E-state index contributed by atoms with van der Waals surface area (Å²) in [5.74, 6) is -2.16. The lowest BCUT2D eigenvalue weighted by Gasteiger charge is -1.97. The summed E-state index contributed by atoms with van der Waals surface area (Å²) >= 11 is 0.795. The summed E-state index contributed by atoms with van der Waals surface area (Å²) in [5, 5.41) is 4.06. The Morgan fingerprint density at radius 2 is 1.18 bits per heavy atom. The van der Waals surface area contributed by atoms with Crippen LogP contribution in [-0.4, -0.2) is 23.6 Å². The molecule has 0 aromatic heterocycles. The van der Waals surface area contributed by atoms with Crippen molar-refractivity contribution in [2.45, 2.75) is 13.8 Å². The monoisotopic (exact) mass is 254 g/mol. The minimum atomic E-state index is -0.557. The van der Waals surface area contributed by atoms with Crippen molar-refractivity contribution < 1.29 is 19.2 Å². The summed E-state index contributed by atoms with van der Waals surface area (Å²) in [6.45, 7) is 4.00. The number of thioether (sulfide) groups is 1. The summed E-state index contributed by atoms with van der Waals surface area (Å²) < 4.78 is 0. The Bertz CT molecular complexity index is 423. The van der Waals surface area contributed by atoms with E-state index in [2.05, 4.69) is 0 Å². The molecular formula is C10H10N2O4S. The van der Waals surface area contributed by atoms with Gasteiger partial charge in [-0.25, -0.2) is 0 Å². The van der Waals surface area contributed by atoms with Gasteiger partial charge in [0.2, 0.25) is 0 Å². The Morgan fingerprint density at radius 3 is 1.41 bits per heavy atom. The number of imide groups is 2. The zero-order chi connectivity index (χ0) is 13.0. The third kappa shape index (κ3) is 3.04. The molecule has 2 aliphatic heterocycles. The maximum absolute atomic E-state index is 11.1. The van der Waals surface area contributed by atoms with Gasteiger partial charge in [-0.2, -0.15) is 0 Å². The lowest BCUT2D eigenvalue weighted by Crippen LogP contribution is -2.23. The van der Waals surface area contributed by atoms with Crippen molar-refractivity contribution in [3.8, 4) is 0 Å². The third-order valence-electron chi connectivity index (χ3n) is 1.67. The van der Waals surface area contributed by atoms with Crippen LogP contribution in [0, 0.1) is 0 Å². The van der Waals surface area contributed by atoms with Gasteiger partial charge in [-0.05, 0) is 0 Å². The van der Waals surface area contributed by atoms with Gasteiger partial charge in [0.25, 0.3) is 23.6 Å². The zero-order valence-corrected chi connectivity index (χ0v) is 10.0. The van der Waals surface area contributed by atoms with Crippen LogP contribution in [0.3, 0.4) is 0 Å². The van der Waals surface area contributed by atoms with Crippen LogP contribution < -0.4 is 10.6 Å². The van der Waals surface area contributed by atoms with E-state index < -0.39 is 23.6 Å². The summed E-state index contributed by atoms with van der Waals surface area (Å²) in [5.41, 5.74) is 0. The summed E-state index contributed by atoms with van der Waals surface area (Å²) in [6, 6.07) is 0. The fraction of sp³-hybridized carbons (Fsp3) is 0.200. The molecule has 2 rings (SSSR count). The van der Waals surface area contributed by atoms with E-state index in [-0.39, 0.29) is 9.81 Å². The average molecular weight is 254 g/mol. The van der Waals surface area contributed by atoms with E-state index in [1.165, 1.54) is 0 Å². The Hall–Kier alpha value is -1.89. The predicted molar refractivity (Wildman–Crippen MR) is 61.4 cm³/mol. The maximum atomic E-state index is 11.1. The molecule has 7 heteroatoms. The van der Waals surface area contributed by atoms with Gasteiger partial charge in [0.05, 0.1) is 9.81 Å². The molecule has 90 valence electrons. The number of rotatable bonds is 2. The fourth-order valence-electron chi connectivity index (χ4n) is 1.06. The highest BCUT2D eigenvalue weighted by atomic mass is 32.2. The van der Waals surface area contributed by atoms with Crippen molar-refractivity contribution in [1.29, 1.82) is 0 Å². The molecule has 0 unspecified atom stereocenters. The molecule has 0 saturated heterocycles. The second-order valence-electron chi connectivity index (χ2n) is 2.76. The van der Waals surface area contributed by atoms with E-state index in [4.69, 9.17) is 0 Å². The molecule has 2 aliphatic rings. The molecule has 6 nitrogen and oxygen atoms in total. The van der Waals surface area contributed by atoms with Gasteiger partial charge in [-0.1, -0.05) is 25.6 Å². The van der Waals surface area contributed by atoms with E-state index in [0.29, 0.717) is 0 Å². The maximum Gasteiger partial charge on any atom is 0.265 e. The van der Waals surface area contributed by atoms with Crippen LogP contribution in [0.1, 0.15) is 13.8 Å². The molecule has 4 amide bonds. The molecule has 0 saturated carbocycles. The summed E-state index contributed by atoms with van der Waals surface area (Å²) in [7, 11) is 0. The molecule has 0 aromatic carbocycles. The number of hydrogen-bond acceptors (Lipinski definition) is 5. The van der Waals surface area contributed by atoms with Gasteiger partial charge in [0.1, 0.15) is 0 Å². The second kappa shape index (κ2) is 5.44. The largest absolute Gasteiger partial charge is 0.288 e. The Kier molecular flexibility index (Phi) is 4.22. The van der Waals surface area contributed by atoms with Crippen LogP contribution in [0.5, 0.6) is 0 Å². The molecule has 0 spiro atoms. The van der Waals surface area contributed by atoms with Crippen LogP contribution >= 0.6 is 11.8 Å². The lowest BCUT2D eigenvalue weighted by molar-refractivity contribution is -0.125. The summed E-state index contributed by atoms with van der Waals surface area (Å²) in [4.78, 5) is 44.0. The molecular weight excluding hydrogens is 244 g/mol. The second-order valence-corrected chi connectivity index (χ2v) is 3.84. The van der Waals surface area contributed by atoms with Gasteiger partial charge in [-0.15, -0.1) is 0 Å². The number of hydrogen-bond donors (Lipinski definition) is 2. The topological polar surface area (TPSA) is 92.3 Å². The van der Waals surface area contributed by atoms with Crippen molar-refractivity contribution in [3.05, 3.63) is 22.0 Å². The summed E-state index contributed by atoms with van der Waals surface area (Å²) in [6.07, 6.45) is 2.17. The van der Waals surface area contributed by atoms with Gasteiger partial charge in [-0.3, -0.25) is 29.8 Å². The molecule has 2 heterocycles.